The molecule has 1 saturated carbocycles. The molecule has 0 aliphatic heterocycles. The van der Waals surface area contributed by atoms with Crippen molar-refractivity contribution in [1.82, 2.24) is 15.5 Å². The van der Waals surface area contributed by atoms with Crippen molar-refractivity contribution in [3.63, 3.8) is 0 Å². The highest BCUT2D eigenvalue weighted by molar-refractivity contribution is 5.89. The van der Waals surface area contributed by atoms with Crippen molar-refractivity contribution in [2.75, 3.05) is 11.9 Å². The number of amides is 2. The van der Waals surface area contributed by atoms with Gasteiger partial charge in [-0.15, -0.1) is 0 Å². The van der Waals surface area contributed by atoms with Crippen molar-refractivity contribution in [3.8, 4) is 5.75 Å². The van der Waals surface area contributed by atoms with Crippen LogP contribution in [0.4, 0.5) is 10.5 Å². The quantitative estimate of drug-likeness (QED) is 0.849. The lowest BCUT2D eigenvalue weighted by Gasteiger charge is -2.13. The van der Waals surface area contributed by atoms with Crippen molar-refractivity contribution in [1.29, 1.82) is 0 Å². The Labute approximate surface area is 140 Å². The summed E-state index contributed by atoms with van der Waals surface area (Å²) in [5.74, 6) is 1.95. The number of ether oxygens (including phenoxy) is 1. The topological polar surface area (TPSA) is 89.3 Å². The lowest BCUT2D eigenvalue weighted by Crippen LogP contribution is -2.30. The molecule has 1 aliphatic rings. The van der Waals surface area contributed by atoms with Gasteiger partial charge < -0.3 is 19.9 Å². The second-order valence-corrected chi connectivity index (χ2v) is 5.91. The van der Waals surface area contributed by atoms with E-state index in [1.807, 2.05) is 24.3 Å². The summed E-state index contributed by atoms with van der Waals surface area (Å²) in [7, 11) is 0. The van der Waals surface area contributed by atoms with Gasteiger partial charge in [0, 0.05) is 18.7 Å². The number of anilines is 1. The molecule has 0 atom stereocenters. The summed E-state index contributed by atoms with van der Waals surface area (Å²) in [6, 6.07) is 7.18. The van der Waals surface area contributed by atoms with Crippen LogP contribution in [-0.2, 0) is 6.42 Å². The smallest absolute Gasteiger partial charge is 0.319 e. The zero-order valence-corrected chi connectivity index (χ0v) is 13.7. The van der Waals surface area contributed by atoms with Gasteiger partial charge in [0.1, 0.15) is 5.75 Å². The number of carbonyl (C=O) groups excluding carboxylic acids is 1. The summed E-state index contributed by atoms with van der Waals surface area (Å²) in [5.41, 5.74) is 0.722. The van der Waals surface area contributed by atoms with Crippen molar-refractivity contribution >= 4 is 11.7 Å². The molecule has 1 aliphatic carbocycles. The van der Waals surface area contributed by atoms with Gasteiger partial charge in [0.25, 0.3) is 0 Å². The number of urea groups is 1. The van der Waals surface area contributed by atoms with Crippen molar-refractivity contribution in [3.05, 3.63) is 36.0 Å². The molecule has 2 amide bonds. The van der Waals surface area contributed by atoms with Crippen molar-refractivity contribution in [2.45, 2.75) is 45.1 Å². The first kappa shape index (κ1) is 16.3. The minimum atomic E-state index is -0.268. The SMILES string of the molecule is Cc1noc(CCNC(=O)Nc2ccc(OC3CCCC3)cc2)n1. The first-order valence-corrected chi connectivity index (χ1v) is 8.30. The third-order valence-electron chi connectivity index (χ3n) is 3.91. The average molecular weight is 330 g/mol. The number of benzene rings is 1. The van der Waals surface area contributed by atoms with Gasteiger partial charge in [-0.3, -0.25) is 0 Å². The van der Waals surface area contributed by atoms with Gasteiger partial charge in [-0.05, 0) is 56.9 Å². The van der Waals surface area contributed by atoms with Crippen LogP contribution in [0.2, 0.25) is 0 Å². The third-order valence-corrected chi connectivity index (χ3v) is 3.91. The number of nitrogens with zero attached hydrogens (tertiary/aromatic N) is 2. The molecule has 0 saturated heterocycles. The van der Waals surface area contributed by atoms with Crippen LogP contribution < -0.4 is 15.4 Å². The maximum Gasteiger partial charge on any atom is 0.319 e. The van der Waals surface area contributed by atoms with Crippen LogP contribution >= 0.6 is 0 Å². The van der Waals surface area contributed by atoms with Gasteiger partial charge >= 0.3 is 6.03 Å². The van der Waals surface area contributed by atoms with E-state index in [-0.39, 0.29) is 6.03 Å². The van der Waals surface area contributed by atoms with Gasteiger partial charge in [0.05, 0.1) is 6.10 Å². The molecule has 7 nitrogen and oxygen atoms in total. The molecule has 128 valence electrons. The highest BCUT2D eigenvalue weighted by Gasteiger charge is 2.16. The van der Waals surface area contributed by atoms with Crippen LogP contribution in [0.25, 0.3) is 0 Å². The normalized spacial score (nSPS) is 14.5. The first-order valence-electron chi connectivity index (χ1n) is 8.30. The highest BCUT2D eigenvalue weighted by atomic mass is 16.5. The summed E-state index contributed by atoms with van der Waals surface area (Å²) in [4.78, 5) is 15.9. The number of aromatic nitrogens is 2. The predicted octanol–water partition coefficient (Wildman–Crippen LogP) is 3.06. The molecule has 3 rings (SSSR count). The van der Waals surface area contributed by atoms with Gasteiger partial charge in [0.2, 0.25) is 5.89 Å². The molecule has 1 heterocycles. The number of rotatable bonds is 6. The maximum absolute atomic E-state index is 11.9. The van der Waals surface area contributed by atoms with E-state index in [0.29, 0.717) is 30.8 Å². The van der Waals surface area contributed by atoms with E-state index in [1.165, 1.54) is 12.8 Å². The number of hydrogen-bond acceptors (Lipinski definition) is 5. The summed E-state index contributed by atoms with van der Waals surface area (Å²) in [5, 5.41) is 9.24. The van der Waals surface area contributed by atoms with Crippen LogP contribution in [0.5, 0.6) is 5.75 Å². The van der Waals surface area contributed by atoms with Gasteiger partial charge in [0.15, 0.2) is 5.82 Å². The highest BCUT2D eigenvalue weighted by Crippen LogP contribution is 2.24. The van der Waals surface area contributed by atoms with Gasteiger partial charge in [-0.1, -0.05) is 5.16 Å². The Morgan fingerprint density at radius 1 is 1.29 bits per heavy atom. The Kier molecular flexibility index (Phi) is 5.30. The van der Waals surface area contributed by atoms with E-state index in [4.69, 9.17) is 9.26 Å². The number of carbonyl (C=O) groups is 1. The maximum atomic E-state index is 11.9. The van der Waals surface area contributed by atoms with E-state index < -0.39 is 0 Å². The Bertz CT molecular complexity index is 663. The predicted molar refractivity (Wildman–Crippen MR) is 89.1 cm³/mol. The molecule has 1 aromatic carbocycles. The molecular weight excluding hydrogens is 308 g/mol. The van der Waals surface area contributed by atoms with Crippen LogP contribution in [-0.4, -0.2) is 28.8 Å². The standard InChI is InChI=1S/C17H22N4O3/c1-12-19-16(24-21-12)10-11-18-17(22)20-13-6-8-15(9-7-13)23-14-4-2-3-5-14/h6-9,14H,2-5,10-11H2,1H3,(H2,18,20,22). The zero-order valence-electron chi connectivity index (χ0n) is 13.7. The van der Waals surface area contributed by atoms with Crippen molar-refractivity contribution in [2.24, 2.45) is 0 Å². The summed E-state index contributed by atoms with van der Waals surface area (Å²) in [6.07, 6.45) is 5.58. The van der Waals surface area contributed by atoms with E-state index in [9.17, 15) is 4.79 Å². The third kappa shape index (κ3) is 4.71. The summed E-state index contributed by atoms with van der Waals surface area (Å²) >= 11 is 0. The Morgan fingerprint density at radius 2 is 2.04 bits per heavy atom. The van der Waals surface area contributed by atoms with E-state index >= 15 is 0 Å². The fourth-order valence-corrected chi connectivity index (χ4v) is 2.72. The monoisotopic (exact) mass is 330 g/mol. The van der Waals surface area contributed by atoms with E-state index in [2.05, 4.69) is 20.8 Å². The fraction of sp³-hybridized carbons (Fsp3) is 0.471. The van der Waals surface area contributed by atoms with Crippen LogP contribution in [0, 0.1) is 6.92 Å². The molecule has 0 radical (unpaired) electrons. The minimum absolute atomic E-state index is 0.268. The van der Waals surface area contributed by atoms with Gasteiger partial charge in [-0.25, -0.2) is 4.79 Å². The molecule has 1 aromatic heterocycles. The molecule has 2 N–H and O–H groups in total. The molecule has 1 fully saturated rings. The minimum Gasteiger partial charge on any atom is -0.490 e. The molecule has 0 unspecified atom stereocenters. The number of hydrogen-bond donors (Lipinski definition) is 2. The first-order chi connectivity index (χ1) is 11.7. The van der Waals surface area contributed by atoms with Crippen molar-refractivity contribution < 1.29 is 14.1 Å². The Balaban J connectivity index is 1.40. The van der Waals surface area contributed by atoms with Crippen LogP contribution in [0.15, 0.2) is 28.8 Å². The van der Waals surface area contributed by atoms with E-state index in [0.717, 1.165) is 24.3 Å². The molecule has 7 heteroatoms. The fourth-order valence-electron chi connectivity index (χ4n) is 2.72. The number of nitrogens with one attached hydrogen (secondary N) is 2. The zero-order chi connectivity index (χ0) is 16.8. The molecule has 2 aromatic rings. The summed E-state index contributed by atoms with van der Waals surface area (Å²) in [6.45, 7) is 2.18. The van der Waals surface area contributed by atoms with Crippen LogP contribution in [0.3, 0.4) is 0 Å². The van der Waals surface area contributed by atoms with E-state index in [1.54, 1.807) is 6.92 Å². The Hall–Kier alpha value is -2.57. The molecule has 0 bridgehead atoms. The summed E-state index contributed by atoms with van der Waals surface area (Å²) < 4.78 is 10.9. The Morgan fingerprint density at radius 3 is 2.71 bits per heavy atom. The second-order valence-electron chi connectivity index (χ2n) is 5.91. The second kappa shape index (κ2) is 7.81. The van der Waals surface area contributed by atoms with Crippen LogP contribution in [0.1, 0.15) is 37.4 Å². The lowest BCUT2D eigenvalue weighted by atomic mass is 10.3. The molecule has 0 spiro atoms. The molecule has 24 heavy (non-hydrogen) atoms. The largest absolute Gasteiger partial charge is 0.490 e. The lowest BCUT2D eigenvalue weighted by molar-refractivity contribution is 0.210. The number of aryl methyl sites for hydroxylation is 1. The average Bonchev–Trinajstić information content (AvgIpc) is 3.21. The molecular formula is C17H22N4O3. The van der Waals surface area contributed by atoms with Gasteiger partial charge in [-0.2, -0.15) is 4.98 Å².